The second kappa shape index (κ2) is 7.64. The summed E-state index contributed by atoms with van der Waals surface area (Å²) in [6.45, 7) is 0.576. The van der Waals surface area contributed by atoms with Crippen molar-refractivity contribution in [2.45, 2.75) is 12.1 Å². The molecule has 3 aromatic heterocycles. The molecule has 0 radical (unpaired) electrons. The van der Waals surface area contributed by atoms with Crippen LogP contribution in [0.15, 0.2) is 53.0 Å². The SMILES string of the molecule is O=C(Nc1nccs1)NC1COCC1n1nc(-c2cccnc2)ccc1=O. The number of thiazole rings is 1. The summed E-state index contributed by atoms with van der Waals surface area (Å²) >= 11 is 1.32. The van der Waals surface area contributed by atoms with E-state index in [1.165, 1.54) is 22.1 Å². The Bertz CT molecular complexity index is 976. The molecule has 4 rings (SSSR count). The number of anilines is 1. The van der Waals surface area contributed by atoms with E-state index < -0.39 is 12.1 Å². The standard InChI is InChI=1S/C17H16N6O3S/c24-15-4-3-12(11-2-1-5-18-8-11)22-23(15)14-10-26-9-13(14)20-16(25)21-17-19-6-7-27-17/h1-8,13-14H,9-10H2,(H2,19,20,21,25). The third kappa shape index (κ3) is 3.86. The molecular formula is C17H16N6O3S. The molecule has 0 aliphatic carbocycles. The average molecular weight is 384 g/mol. The second-order valence-electron chi connectivity index (χ2n) is 5.89. The van der Waals surface area contributed by atoms with E-state index in [4.69, 9.17) is 4.74 Å². The van der Waals surface area contributed by atoms with E-state index >= 15 is 0 Å². The number of pyridine rings is 1. The number of nitrogens with zero attached hydrogens (tertiary/aromatic N) is 4. The van der Waals surface area contributed by atoms with Crippen LogP contribution in [-0.2, 0) is 4.74 Å². The van der Waals surface area contributed by atoms with Gasteiger partial charge in [0.2, 0.25) is 0 Å². The van der Waals surface area contributed by atoms with Crippen molar-refractivity contribution in [1.29, 1.82) is 0 Å². The fourth-order valence-corrected chi connectivity index (χ4v) is 3.36. The van der Waals surface area contributed by atoms with Gasteiger partial charge in [-0.3, -0.25) is 15.1 Å². The molecule has 9 nitrogen and oxygen atoms in total. The van der Waals surface area contributed by atoms with Gasteiger partial charge in [-0.2, -0.15) is 5.10 Å². The van der Waals surface area contributed by atoms with Crippen LogP contribution in [-0.4, -0.2) is 45.0 Å². The zero-order valence-corrected chi connectivity index (χ0v) is 14.9. The summed E-state index contributed by atoms with van der Waals surface area (Å²) in [5.41, 5.74) is 1.17. The molecule has 138 valence electrons. The topological polar surface area (TPSA) is 111 Å². The van der Waals surface area contributed by atoms with Gasteiger partial charge in [-0.25, -0.2) is 14.5 Å². The first kappa shape index (κ1) is 17.3. The molecule has 2 amide bonds. The van der Waals surface area contributed by atoms with Gasteiger partial charge in [-0.15, -0.1) is 11.3 Å². The van der Waals surface area contributed by atoms with E-state index in [1.807, 2.05) is 6.07 Å². The highest BCUT2D eigenvalue weighted by Crippen LogP contribution is 2.20. The van der Waals surface area contributed by atoms with Crippen molar-refractivity contribution in [2.75, 3.05) is 18.5 Å². The van der Waals surface area contributed by atoms with Crippen LogP contribution in [0, 0.1) is 0 Å². The van der Waals surface area contributed by atoms with Crippen LogP contribution in [0.1, 0.15) is 6.04 Å². The average Bonchev–Trinajstić information content (AvgIpc) is 3.35. The zero-order valence-electron chi connectivity index (χ0n) is 14.1. The van der Waals surface area contributed by atoms with E-state index in [1.54, 1.807) is 36.1 Å². The van der Waals surface area contributed by atoms with Crippen LogP contribution in [0.4, 0.5) is 9.93 Å². The maximum atomic E-state index is 12.4. The molecule has 10 heteroatoms. The Kier molecular flexibility index (Phi) is 4.90. The fourth-order valence-electron chi connectivity index (χ4n) is 2.84. The predicted octanol–water partition coefficient (Wildman–Crippen LogP) is 1.52. The number of rotatable bonds is 4. The number of hydrogen-bond acceptors (Lipinski definition) is 7. The number of urea groups is 1. The minimum absolute atomic E-state index is 0.259. The van der Waals surface area contributed by atoms with E-state index in [2.05, 4.69) is 25.7 Å². The van der Waals surface area contributed by atoms with Gasteiger partial charge in [0, 0.05) is 35.6 Å². The first-order valence-electron chi connectivity index (χ1n) is 8.26. The van der Waals surface area contributed by atoms with Crippen molar-refractivity contribution < 1.29 is 9.53 Å². The van der Waals surface area contributed by atoms with Gasteiger partial charge >= 0.3 is 6.03 Å². The summed E-state index contributed by atoms with van der Waals surface area (Å²) in [5, 5.41) is 12.2. The van der Waals surface area contributed by atoms with Crippen molar-refractivity contribution in [1.82, 2.24) is 25.1 Å². The van der Waals surface area contributed by atoms with Gasteiger partial charge in [-0.05, 0) is 18.2 Å². The highest BCUT2D eigenvalue weighted by atomic mass is 32.1. The molecule has 0 saturated carbocycles. The first-order chi connectivity index (χ1) is 13.2. The van der Waals surface area contributed by atoms with Crippen molar-refractivity contribution in [3.8, 4) is 11.3 Å². The van der Waals surface area contributed by atoms with Crippen LogP contribution in [0.25, 0.3) is 11.3 Å². The molecule has 2 atom stereocenters. The smallest absolute Gasteiger partial charge is 0.321 e. The molecular weight excluding hydrogens is 368 g/mol. The Morgan fingerprint density at radius 3 is 2.96 bits per heavy atom. The summed E-state index contributed by atoms with van der Waals surface area (Å²) in [7, 11) is 0. The molecule has 2 N–H and O–H groups in total. The molecule has 1 saturated heterocycles. The lowest BCUT2D eigenvalue weighted by Crippen LogP contribution is -2.45. The monoisotopic (exact) mass is 384 g/mol. The van der Waals surface area contributed by atoms with Gasteiger partial charge in [0.1, 0.15) is 6.04 Å². The van der Waals surface area contributed by atoms with E-state index in [-0.39, 0.29) is 18.2 Å². The Hall–Kier alpha value is -3.11. The Morgan fingerprint density at radius 1 is 1.26 bits per heavy atom. The number of ether oxygens (including phenoxy) is 1. The Labute approximate surface area is 158 Å². The third-order valence-corrected chi connectivity index (χ3v) is 4.80. The largest absolute Gasteiger partial charge is 0.377 e. The Balaban J connectivity index is 1.54. The molecule has 27 heavy (non-hydrogen) atoms. The highest BCUT2D eigenvalue weighted by Gasteiger charge is 2.33. The zero-order chi connectivity index (χ0) is 18.6. The number of carbonyl (C=O) groups excluding carboxylic acids is 1. The maximum absolute atomic E-state index is 12.4. The summed E-state index contributed by atoms with van der Waals surface area (Å²) < 4.78 is 6.86. The lowest BCUT2D eigenvalue weighted by Gasteiger charge is -2.20. The minimum atomic E-state index is -0.406. The van der Waals surface area contributed by atoms with Crippen molar-refractivity contribution in [2.24, 2.45) is 0 Å². The molecule has 1 aliphatic rings. The van der Waals surface area contributed by atoms with Gasteiger partial charge < -0.3 is 10.1 Å². The van der Waals surface area contributed by atoms with Crippen LogP contribution in [0.5, 0.6) is 0 Å². The van der Waals surface area contributed by atoms with Crippen molar-refractivity contribution in [3.63, 3.8) is 0 Å². The molecule has 4 heterocycles. The van der Waals surface area contributed by atoms with Crippen LogP contribution >= 0.6 is 11.3 Å². The van der Waals surface area contributed by atoms with Gasteiger partial charge in [-0.1, -0.05) is 0 Å². The summed E-state index contributed by atoms with van der Waals surface area (Å²) in [5.74, 6) is 0. The summed E-state index contributed by atoms with van der Waals surface area (Å²) in [6, 6.07) is 5.59. The quantitative estimate of drug-likeness (QED) is 0.706. The minimum Gasteiger partial charge on any atom is -0.377 e. The fraction of sp³-hybridized carbons (Fsp3) is 0.235. The third-order valence-electron chi connectivity index (χ3n) is 4.12. The Morgan fingerprint density at radius 2 is 2.19 bits per heavy atom. The van der Waals surface area contributed by atoms with Gasteiger partial charge in [0.25, 0.3) is 5.56 Å². The van der Waals surface area contributed by atoms with E-state index in [9.17, 15) is 9.59 Å². The number of hydrogen-bond donors (Lipinski definition) is 2. The van der Waals surface area contributed by atoms with Crippen molar-refractivity contribution >= 4 is 22.5 Å². The van der Waals surface area contributed by atoms with Gasteiger partial charge in [0.05, 0.1) is 24.9 Å². The molecule has 3 aromatic rings. The maximum Gasteiger partial charge on any atom is 0.321 e. The van der Waals surface area contributed by atoms with E-state index in [0.717, 1.165) is 5.56 Å². The molecule has 0 aromatic carbocycles. The number of nitrogens with one attached hydrogen (secondary N) is 2. The second-order valence-corrected chi connectivity index (χ2v) is 6.78. The lowest BCUT2D eigenvalue weighted by atomic mass is 10.1. The molecule has 2 unspecified atom stereocenters. The number of amides is 2. The van der Waals surface area contributed by atoms with Crippen LogP contribution < -0.4 is 16.2 Å². The predicted molar refractivity (Wildman–Crippen MR) is 99.6 cm³/mol. The molecule has 1 aliphatic heterocycles. The normalized spacial score (nSPS) is 19.0. The summed E-state index contributed by atoms with van der Waals surface area (Å²) in [4.78, 5) is 32.6. The van der Waals surface area contributed by atoms with Crippen LogP contribution in [0.3, 0.4) is 0 Å². The highest BCUT2D eigenvalue weighted by molar-refractivity contribution is 7.13. The number of aromatic nitrogens is 4. The van der Waals surface area contributed by atoms with E-state index in [0.29, 0.717) is 17.4 Å². The van der Waals surface area contributed by atoms with Crippen LogP contribution in [0.2, 0.25) is 0 Å². The van der Waals surface area contributed by atoms with Gasteiger partial charge in [0.15, 0.2) is 5.13 Å². The molecule has 0 spiro atoms. The summed E-state index contributed by atoms with van der Waals surface area (Å²) in [6.07, 6.45) is 4.96. The first-order valence-corrected chi connectivity index (χ1v) is 9.14. The lowest BCUT2D eigenvalue weighted by molar-refractivity contribution is 0.181. The number of carbonyl (C=O) groups is 1. The van der Waals surface area contributed by atoms with Crippen molar-refractivity contribution in [3.05, 3.63) is 58.6 Å². The molecule has 0 bridgehead atoms. The molecule has 1 fully saturated rings.